The van der Waals surface area contributed by atoms with Crippen LogP contribution in [0, 0.1) is 0 Å². The highest BCUT2D eigenvalue weighted by atomic mass is 32.2. The fraction of sp³-hybridized carbons (Fsp3) is 0.0417. The maximum atomic E-state index is 12.5. The van der Waals surface area contributed by atoms with Crippen LogP contribution in [0.25, 0.3) is 0 Å². The SMILES string of the molecule is O=c1c(N(Cc2ccccc2)Sc2ccc(Oc3ccccc3)cc2)cccn1O. The summed E-state index contributed by atoms with van der Waals surface area (Å²) in [4.78, 5) is 13.4. The summed E-state index contributed by atoms with van der Waals surface area (Å²) in [7, 11) is 0. The van der Waals surface area contributed by atoms with Crippen molar-refractivity contribution >= 4 is 17.6 Å². The zero-order chi connectivity index (χ0) is 20.8. The summed E-state index contributed by atoms with van der Waals surface area (Å²) in [6, 6.07) is 30.5. The maximum Gasteiger partial charge on any atom is 0.307 e. The lowest BCUT2D eigenvalue weighted by Crippen LogP contribution is -2.26. The Morgan fingerprint density at radius 3 is 2.13 bits per heavy atom. The predicted octanol–water partition coefficient (Wildman–Crippen LogP) is 5.59. The highest BCUT2D eigenvalue weighted by molar-refractivity contribution is 8.00. The third-order valence-electron chi connectivity index (χ3n) is 4.36. The quantitative estimate of drug-likeness (QED) is 0.314. The van der Waals surface area contributed by atoms with Crippen LogP contribution in [-0.2, 0) is 6.54 Å². The molecule has 0 aliphatic rings. The maximum absolute atomic E-state index is 12.5. The van der Waals surface area contributed by atoms with Gasteiger partial charge in [-0.05, 0) is 66.0 Å². The van der Waals surface area contributed by atoms with Gasteiger partial charge >= 0.3 is 5.56 Å². The van der Waals surface area contributed by atoms with Crippen molar-refractivity contribution in [2.75, 3.05) is 4.31 Å². The molecule has 0 saturated carbocycles. The van der Waals surface area contributed by atoms with E-state index in [0.29, 0.717) is 17.0 Å². The molecule has 0 aliphatic carbocycles. The van der Waals surface area contributed by atoms with Crippen LogP contribution in [0.1, 0.15) is 5.56 Å². The standard InChI is InChI=1S/C24H20N2O3S/c27-24-23(12-7-17-25(24)28)26(18-19-8-3-1-4-9-19)30-22-15-13-21(14-16-22)29-20-10-5-2-6-11-20/h1-17,28H,18H2. The molecule has 0 atom stereocenters. The Balaban J connectivity index is 1.57. The molecule has 30 heavy (non-hydrogen) atoms. The Kier molecular flexibility index (Phi) is 6.06. The van der Waals surface area contributed by atoms with Crippen LogP contribution in [0.5, 0.6) is 11.5 Å². The van der Waals surface area contributed by atoms with Gasteiger partial charge in [0.05, 0.1) is 6.54 Å². The van der Waals surface area contributed by atoms with Gasteiger partial charge in [-0.3, -0.25) is 4.79 Å². The third-order valence-corrected chi connectivity index (χ3v) is 5.39. The van der Waals surface area contributed by atoms with E-state index in [2.05, 4.69) is 0 Å². The minimum Gasteiger partial charge on any atom is -0.457 e. The van der Waals surface area contributed by atoms with Crippen molar-refractivity contribution in [1.29, 1.82) is 0 Å². The van der Waals surface area contributed by atoms with Gasteiger partial charge in [-0.2, -0.15) is 4.73 Å². The molecule has 0 aliphatic heterocycles. The highest BCUT2D eigenvalue weighted by Crippen LogP contribution is 2.31. The molecule has 4 aromatic rings. The lowest BCUT2D eigenvalue weighted by Gasteiger charge is -2.23. The number of benzene rings is 3. The van der Waals surface area contributed by atoms with Gasteiger partial charge < -0.3 is 14.2 Å². The van der Waals surface area contributed by atoms with E-state index >= 15 is 0 Å². The van der Waals surface area contributed by atoms with Crippen molar-refractivity contribution < 1.29 is 9.94 Å². The molecule has 0 spiro atoms. The lowest BCUT2D eigenvalue weighted by atomic mass is 10.2. The summed E-state index contributed by atoms with van der Waals surface area (Å²) in [5.41, 5.74) is 0.991. The second-order valence-corrected chi connectivity index (χ2v) is 7.64. The molecule has 1 aromatic heterocycles. The van der Waals surface area contributed by atoms with Crippen molar-refractivity contribution in [3.05, 3.63) is 119 Å². The Hall–Kier alpha value is -3.64. The van der Waals surface area contributed by atoms with Crippen LogP contribution in [0.2, 0.25) is 0 Å². The van der Waals surface area contributed by atoms with Crippen LogP contribution in [0.15, 0.2) is 113 Å². The van der Waals surface area contributed by atoms with Crippen molar-refractivity contribution in [2.45, 2.75) is 11.4 Å². The van der Waals surface area contributed by atoms with Gasteiger partial charge in [0, 0.05) is 11.1 Å². The van der Waals surface area contributed by atoms with Crippen LogP contribution >= 0.6 is 11.9 Å². The van der Waals surface area contributed by atoms with Crippen LogP contribution in [-0.4, -0.2) is 9.94 Å². The van der Waals surface area contributed by atoms with Crippen LogP contribution in [0.4, 0.5) is 5.69 Å². The number of rotatable bonds is 7. The van der Waals surface area contributed by atoms with E-state index in [9.17, 15) is 10.0 Å². The summed E-state index contributed by atoms with van der Waals surface area (Å²) < 4.78 is 8.32. The number of hydrogen-bond acceptors (Lipinski definition) is 5. The first-order valence-corrected chi connectivity index (χ1v) is 10.2. The average molecular weight is 417 g/mol. The molecule has 3 aromatic carbocycles. The molecule has 0 bridgehead atoms. The van der Waals surface area contributed by atoms with Crippen LogP contribution < -0.4 is 14.6 Å². The molecule has 150 valence electrons. The van der Waals surface area contributed by atoms with E-state index in [0.717, 1.165) is 22.0 Å². The molecule has 1 heterocycles. The number of pyridine rings is 1. The normalized spacial score (nSPS) is 10.5. The van der Waals surface area contributed by atoms with E-state index in [1.165, 1.54) is 18.1 Å². The van der Waals surface area contributed by atoms with E-state index in [1.807, 2.05) is 89.2 Å². The fourth-order valence-corrected chi connectivity index (χ4v) is 3.86. The van der Waals surface area contributed by atoms with E-state index in [4.69, 9.17) is 4.74 Å². The van der Waals surface area contributed by atoms with Gasteiger partial charge in [-0.1, -0.05) is 48.5 Å². The Morgan fingerprint density at radius 2 is 1.43 bits per heavy atom. The van der Waals surface area contributed by atoms with Gasteiger partial charge in [-0.25, -0.2) is 0 Å². The second kappa shape index (κ2) is 9.24. The molecular weight excluding hydrogens is 396 g/mol. The summed E-state index contributed by atoms with van der Waals surface area (Å²) in [6.07, 6.45) is 1.33. The first kappa shape index (κ1) is 19.7. The van der Waals surface area contributed by atoms with Crippen molar-refractivity contribution in [1.82, 2.24) is 4.73 Å². The molecule has 0 amide bonds. The van der Waals surface area contributed by atoms with E-state index in [-0.39, 0.29) is 0 Å². The topological polar surface area (TPSA) is 54.7 Å². The Labute approximate surface area is 178 Å². The predicted molar refractivity (Wildman–Crippen MR) is 119 cm³/mol. The minimum absolute atomic E-state index is 0.401. The monoisotopic (exact) mass is 416 g/mol. The van der Waals surface area contributed by atoms with Gasteiger partial charge in [0.2, 0.25) is 0 Å². The molecule has 0 saturated heterocycles. The molecule has 4 rings (SSSR count). The van der Waals surface area contributed by atoms with Gasteiger partial charge in [0.1, 0.15) is 17.2 Å². The second-order valence-electron chi connectivity index (χ2n) is 6.54. The molecule has 0 unspecified atom stereocenters. The summed E-state index contributed by atoms with van der Waals surface area (Å²) in [6.45, 7) is 0.507. The smallest absolute Gasteiger partial charge is 0.307 e. The molecule has 5 nitrogen and oxygen atoms in total. The summed E-state index contributed by atoms with van der Waals surface area (Å²) in [5.74, 6) is 1.51. The fourth-order valence-electron chi connectivity index (χ4n) is 2.90. The molecule has 1 N–H and O–H groups in total. The zero-order valence-corrected chi connectivity index (χ0v) is 16.9. The Bertz CT molecular complexity index is 1150. The largest absolute Gasteiger partial charge is 0.457 e. The average Bonchev–Trinajstić information content (AvgIpc) is 2.78. The molecule has 0 fully saturated rings. The first-order valence-electron chi connectivity index (χ1n) is 9.42. The minimum atomic E-state index is -0.468. The first-order chi connectivity index (χ1) is 14.7. The number of anilines is 1. The summed E-state index contributed by atoms with van der Waals surface area (Å²) in [5, 5.41) is 9.81. The number of nitrogens with zero attached hydrogens (tertiary/aromatic N) is 2. The number of para-hydroxylation sites is 1. The Morgan fingerprint density at radius 1 is 0.800 bits per heavy atom. The number of ether oxygens (including phenoxy) is 1. The van der Waals surface area contributed by atoms with Crippen molar-refractivity contribution in [3.8, 4) is 11.5 Å². The van der Waals surface area contributed by atoms with Crippen molar-refractivity contribution in [3.63, 3.8) is 0 Å². The summed E-state index contributed by atoms with van der Waals surface area (Å²) >= 11 is 1.43. The molecule has 6 heteroatoms. The number of aromatic nitrogens is 1. The zero-order valence-electron chi connectivity index (χ0n) is 16.1. The van der Waals surface area contributed by atoms with Gasteiger partial charge in [0.25, 0.3) is 0 Å². The van der Waals surface area contributed by atoms with E-state index in [1.54, 1.807) is 12.1 Å². The van der Waals surface area contributed by atoms with Crippen LogP contribution in [0.3, 0.4) is 0 Å². The van der Waals surface area contributed by atoms with E-state index < -0.39 is 5.56 Å². The lowest BCUT2D eigenvalue weighted by molar-refractivity contribution is 0.175. The third kappa shape index (κ3) is 4.85. The number of hydrogen-bond donors (Lipinski definition) is 1. The molecular formula is C24H20N2O3S. The highest BCUT2D eigenvalue weighted by Gasteiger charge is 2.15. The van der Waals surface area contributed by atoms with Gasteiger partial charge in [-0.15, -0.1) is 0 Å². The molecule has 0 radical (unpaired) electrons. The van der Waals surface area contributed by atoms with Crippen molar-refractivity contribution in [2.24, 2.45) is 0 Å². The van der Waals surface area contributed by atoms with Gasteiger partial charge in [0.15, 0.2) is 0 Å².